The summed E-state index contributed by atoms with van der Waals surface area (Å²) in [4.78, 5) is 18.4. The van der Waals surface area contributed by atoms with E-state index in [9.17, 15) is 4.79 Å². The first kappa shape index (κ1) is 20.8. The van der Waals surface area contributed by atoms with E-state index in [1.54, 1.807) is 7.05 Å². The fourth-order valence-electron chi connectivity index (χ4n) is 2.38. The first-order valence-corrected chi connectivity index (χ1v) is 8.83. The number of rotatable bonds is 6. The maximum Gasteiger partial charge on any atom is 0.220 e. The van der Waals surface area contributed by atoms with Crippen LogP contribution in [0.4, 0.5) is 0 Å². The third kappa shape index (κ3) is 8.13. The molecule has 1 saturated heterocycles. The predicted octanol–water partition coefficient (Wildman–Crippen LogP) is 1.78. The number of amides is 1. The minimum atomic E-state index is 0. The molecule has 1 fully saturated rings. The van der Waals surface area contributed by atoms with Crippen LogP contribution in [0.5, 0.6) is 0 Å². The van der Waals surface area contributed by atoms with Crippen LogP contribution in [-0.2, 0) is 4.79 Å². The molecule has 1 aliphatic rings. The second kappa shape index (κ2) is 12.4. The molecule has 1 aliphatic heterocycles. The molecular formula is C14H29IN4OS. The molecule has 0 aromatic rings. The number of piperidine rings is 1. The summed E-state index contributed by atoms with van der Waals surface area (Å²) in [7, 11) is 1.71. The van der Waals surface area contributed by atoms with Crippen LogP contribution in [0.15, 0.2) is 4.99 Å². The zero-order valence-corrected chi connectivity index (χ0v) is 16.5. The number of guanidine groups is 1. The van der Waals surface area contributed by atoms with Gasteiger partial charge in [0, 0.05) is 38.9 Å². The molecule has 2 N–H and O–H groups in total. The van der Waals surface area contributed by atoms with Gasteiger partial charge in [0.05, 0.1) is 6.54 Å². The lowest BCUT2D eigenvalue weighted by atomic mass is 9.93. The second-order valence-corrected chi connectivity index (χ2v) is 6.02. The van der Waals surface area contributed by atoms with Gasteiger partial charge in [-0.05, 0) is 31.9 Å². The molecule has 0 atom stereocenters. The Morgan fingerprint density at radius 2 is 2.05 bits per heavy atom. The van der Waals surface area contributed by atoms with Crippen molar-refractivity contribution < 1.29 is 4.79 Å². The van der Waals surface area contributed by atoms with Crippen LogP contribution < -0.4 is 10.6 Å². The normalized spacial score (nSPS) is 16.3. The molecule has 1 rings (SSSR count). The van der Waals surface area contributed by atoms with Crippen molar-refractivity contribution in [3.8, 4) is 0 Å². The van der Waals surface area contributed by atoms with Crippen molar-refractivity contribution in [3.63, 3.8) is 0 Å². The van der Waals surface area contributed by atoms with E-state index < -0.39 is 0 Å². The Kier molecular flexibility index (Phi) is 12.3. The van der Waals surface area contributed by atoms with Crippen LogP contribution in [0.3, 0.4) is 0 Å². The van der Waals surface area contributed by atoms with Crippen LogP contribution >= 0.6 is 35.7 Å². The van der Waals surface area contributed by atoms with E-state index in [0.717, 1.165) is 50.7 Å². The fourth-order valence-corrected chi connectivity index (χ4v) is 2.66. The van der Waals surface area contributed by atoms with E-state index in [1.165, 1.54) is 0 Å². The summed E-state index contributed by atoms with van der Waals surface area (Å²) in [6.07, 6.45) is 4.90. The lowest BCUT2D eigenvalue weighted by Gasteiger charge is -2.34. The molecule has 124 valence electrons. The summed E-state index contributed by atoms with van der Waals surface area (Å²) in [6.45, 7) is 5.85. The Hall–Kier alpha value is -0.180. The third-order valence-corrected chi connectivity index (χ3v) is 4.15. The number of nitrogens with zero attached hydrogens (tertiary/aromatic N) is 2. The Bertz CT molecular complexity index is 320. The summed E-state index contributed by atoms with van der Waals surface area (Å²) in [5, 5.41) is 6.08. The lowest BCUT2D eigenvalue weighted by molar-refractivity contribution is -0.121. The lowest BCUT2D eigenvalue weighted by Crippen LogP contribution is -2.46. The van der Waals surface area contributed by atoms with Gasteiger partial charge in [-0.3, -0.25) is 9.79 Å². The highest BCUT2D eigenvalue weighted by molar-refractivity contribution is 14.0. The fraction of sp³-hybridized carbons (Fsp3) is 0.857. The molecule has 7 heteroatoms. The van der Waals surface area contributed by atoms with Gasteiger partial charge in [-0.15, -0.1) is 24.0 Å². The SMILES string of the molecule is CCNC(=NCCSC)N1CCC(CC(=O)NC)CC1.I. The van der Waals surface area contributed by atoms with Crippen molar-refractivity contribution in [1.29, 1.82) is 0 Å². The van der Waals surface area contributed by atoms with Crippen LogP contribution in [0, 0.1) is 5.92 Å². The Morgan fingerprint density at radius 3 is 2.57 bits per heavy atom. The highest BCUT2D eigenvalue weighted by Crippen LogP contribution is 2.20. The minimum Gasteiger partial charge on any atom is -0.359 e. The first-order valence-electron chi connectivity index (χ1n) is 7.44. The first-order chi connectivity index (χ1) is 9.71. The van der Waals surface area contributed by atoms with E-state index in [1.807, 2.05) is 11.8 Å². The number of nitrogens with one attached hydrogen (secondary N) is 2. The van der Waals surface area contributed by atoms with E-state index in [0.29, 0.717) is 12.3 Å². The maximum atomic E-state index is 11.4. The largest absolute Gasteiger partial charge is 0.359 e. The van der Waals surface area contributed by atoms with Gasteiger partial charge in [0.15, 0.2) is 5.96 Å². The number of likely N-dealkylation sites (tertiary alicyclic amines) is 1. The smallest absolute Gasteiger partial charge is 0.220 e. The van der Waals surface area contributed by atoms with Gasteiger partial charge in [-0.1, -0.05) is 0 Å². The van der Waals surface area contributed by atoms with Crippen LogP contribution in [-0.4, -0.2) is 62.0 Å². The summed E-state index contributed by atoms with van der Waals surface area (Å²) in [6, 6.07) is 0. The molecule has 0 unspecified atom stereocenters. The summed E-state index contributed by atoms with van der Waals surface area (Å²) in [5.41, 5.74) is 0. The zero-order valence-electron chi connectivity index (χ0n) is 13.4. The highest BCUT2D eigenvalue weighted by atomic mass is 127. The van der Waals surface area contributed by atoms with Crippen LogP contribution in [0.25, 0.3) is 0 Å². The van der Waals surface area contributed by atoms with Crippen molar-refractivity contribution in [3.05, 3.63) is 0 Å². The standard InChI is InChI=1S/C14H28N4OS.HI/c1-4-16-14(17-7-10-20-3)18-8-5-12(6-9-18)11-13(19)15-2;/h12H,4-11H2,1-3H3,(H,15,19)(H,16,17);1H. The molecule has 0 aliphatic carbocycles. The van der Waals surface area contributed by atoms with Gasteiger partial charge in [0.1, 0.15) is 0 Å². The number of hydrogen-bond donors (Lipinski definition) is 2. The molecule has 0 aromatic carbocycles. The number of carbonyl (C=O) groups is 1. The van der Waals surface area contributed by atoms with E-state index >= 15 is 0 Å². The summed E-state index contributed by atoms with van der Waals surface area (Å²) >= 11 is 1.82. The van der Waals surface area contributed by atoms with Crippen LogP contribution in [0.1, 0.15) is 26.2 Å². The Balaban J connectivity index is 0.00000400. The molecular weight excluding hydrogens is 399 g/mol. The van der Waals surface area contributed by atoms with Crippen LogP contribution in [0.2, 0.25) is 0 Å². The van der Waals surface area contributed by atoms with Gasteiger partial charge in [-0.2, -0.15) is 11.8 Å². The van der Waals surface area contributed by atoms with E-state index in [2.05, 4.69) is 33.7 Å². The number of carbonyl (C=O) groups excluding carboxylic acids is 1. The average molecular weight is 428 g/mol. The maximum absolute atomic E-state index is 11.4. The number of halogens is 1. The number of hydrogen-bond acceptors (Lipinski definition) is 3. The second-order valence-electron chi connectivity index (χ2n) is 5.04. The zero-order chi connectivity index (χ0) is 14.8. The number of thioether (sulfide) groups is 1. The molecule has 1 heterocycles. The average Bonchev–Trinajstić information content (AvgIpc) is 2.47. The highest BCUT2D eigenvalue weighted by Gasteiger charge is 2.22. The molecule has 21 heavy (non-hydrogen) atoms. The monoisotopic (exact) mass is 428 g/mol. The molecule has 1 amide bonds. The Morgan fingerprint density at radius 1 is 1.38 bits per heavy atom. The molecule has 0 aromatic heterocycles. The van der Waals surface area contributed by atoms with Crippen molar-refractivity contribution in [2.24, 2.45) is 10.9 Å². The predicted molar refractivity (Wildman–Crippen MR) is 103 cm³/mol. The summed E-state index contributed by atoms with van der Waals surface area (Å²) < 4.78 is 0. The third-order valence-electron chi connectivity index (χ3n) is 3.56. The van der Waals surface area contributed by atoms with Gasteiger partial charge in [-0.25, -0.2) is 0 Å². The quantitative estimate of drug-likeness (QED) is 0.293. The van der Waals surface area contributed by atoms with Crippen molar-refractivity contribution >= 4 is 47.6 Å². The van der Waals surface area contributed by atoms with E-state index in [4.69, 9.17) is 0 Å². The number of aliphatic imine (C=N–C) groups is 1. The molecule has 5 nitrogen and oxygen atoms in total. The van der Waals surface area contributed by atoms with Crippen molar-refractivity contribution in [2.75, 3.05) is 45.2 Å². The Labute approximate surface area is 150 Å². The van der Waals surface area contributed by atoms with Gasteiger partial charge in [0.2, 0.25) is 5.91 Å². The van der Waals surface area contributed by atoms with Gasteiger partial charge in [0.25, 0.3) is 0 Å². The minimum absolute atomic E-state index is 0. The molecule has 0 saturated carbocycles. The van der Waals surface area contributed by atoms with Crippen molar-refractivity contribution in [1.82, 2.24) is 15.5 Å². The van der Waals surface area contributed by atoms with E-state index in [-0.39, 0.29) is 29.9 Å². The topological polar surface area (TPSA) is 56.7 Å². The van der Waals surface area contributed by atoms with Gasteiger partial charge < -0.3 is 15.5 Å². The van der Waals surface area contributed by atoms with Gasteiger partial charge >= 0.3 is 0 Å². The molecule has 0 spiro atoms. The molecule has 0 radical (unpaired) electrons. The molecule has 0 bridgehead atoms. The summed E-state index contributed by atoms with van der Waals surface area (Å²) in [5.74, 6) is 2.76. The van der Waals surface area contributed by atoms with Crippen molar-refractivity contribution in [2.45, 2.75) is 26.2 Å².